The van der Waals surface area contributed by atoms with Crippen LogP contribution < -0.4 is 10.2 Å². The number of nitrogens with one attached hydrogen (secondary N) is 1. The Hall–Kier alpha value is -3.73. The molecule has 30 heavy (non-hydrogen) atoms. The molecule has 1 aliphatic rings. The first kappa shape index (κ1) is 18.3. The van der Waals surface area contributed by atoms with Crippen molar-refractivity contribution >= 4 is 28.2 Å². The summed E-state index contributed by atoms with van der Waals surface area (Å²) in [6, 6.07) is 19.6. The van der Waals surface area contributed by atoms with Gasteiger partial charge in [0, 0.05) is 47.8 Å². The Bertz CT molecular complexity index is 1240. The Morgan fingerprint density at radius 3 is 2.83 bits per heavy atom. The van der Waals surface area contributed by atoms with Gasteiger partial charge in [-0.2, -0.15) is 0 Å². The highest BCUT2D eigenvalue weighted by atomic mass is 16.1. The van der Waals surface area contributed by atoms with Crippen molar-refractivity contribution in [2.45, 2.75) is 13.3 Å². The molecule has 0 saturated heterocycles. The molecule has 0 radical (unpaired) electrons. The Morgan fingerprint density at radius 1 is 1.10 bits per heavy atom. The van der Waals surface area contributed by atoms with Crippen LogP contribution in [0.4, 0.5) is 11.4 Å². The minimum absolute atomic E-state index is 0.139. The van der Waals surface area contributed by atoms with Crippen molar-refractivity contribution in [3.8, 4) is 11.3 Å². The molecule has 4 aromatic rings. The largest absolute Gasteiger partial charge is 0.371 e. The van der Waals surface area contributed by atoms with Crippen LogP contribution in [-0.4, -0.2) is 29.0 Å². The van der Waals surface area contributed by atoms with Gasteiger partial charge in [0.2, 0.25) is 0 Å². The SMILES string of the molecule is CCN1CCc2ccc(NC(=O)c3cc(-c4cccnc4)nc4ccccc34)cc21. The van der Waals surface area contributed by atoms with E-state index in [1.54, 1.807) is 12.4 Å². The number of nitrogens with zero attached hydrogens (tertiary/aromatic N) is 3. The van der Waals surface area contributed by atoms with Crippen LogP contribution in [0, 0.1) is 0 Å². The van der Waals surface area contributed by atoms with E-state index in [9.17, 15) is 4.79 Å². The Morgan fingerprint density at radius 2 is 2.00 bits per heavy atom. The van der Waals surface area contributed by atoms with Gasteiger partial charge in [0.25, 0.3) is 5.91 Å². The molecule has 0 atom stereocenters. The van der Waals surface area contributed by atoms with Crippen LogP contribution in [0.1, 0.15) is 22.8 Å². The first-order chi connectivity index (χ1) is 14.7. The van der Waals surface area contributed by atoms with Crippen molar-refractivity contribution in [2.24, 2.45) is 0 Å². The van der Waals surface area contributed by atoms with E-state index in [-0.39, 0.29) is 5.91 Å². The van der Waals surface area contributed by atoms with E-state index in [1.165, 1.54) is 11.3 Å². The van der Waals surface area contributed by atoms with E-state index < -0.39 is 0 Å². The topological polar surface area (TPSA) is 58.1 Å². The average Bonchev–Trinajstić information content (AvgIpc) is 3.21. The fourth-order valence-electron chi connectivity index (χ4n) is 4.08. The monoisotopic (exact) mass is 394 g/mol. The second-order valence-corrected chi connectivity index (χ2v) is 7.44. The predicted molar refractivity (Wildman–Crippen MR) is 121 cm³/mol. The van der Waals surface area contributed by atoms with Crippen LogP contribution in [0.3, 0.4) is 0 Å². The van der Waals surface area contributed by atoms with E-state index in [4.69, 9.17) is 4.98 Å². The molecule has 2 aromatic heterocycles. The smallest absolute Gasteiger partial charge is 0.256 e. The standard InChI is InChI=1S/C25H22N4O/c1-2-29-13-11-17-9-10-19(14-24(17)29)27-25(30)21-15-23(18-6-5-12-26-16-18)28-22-8-4-3-7-20(21)22/h3-10,12,14-16H,2,11,13H2,1H3,(H,27,30). The number of benzene rings is 2. The third kappa shape index (κ3) is 3.28. The summed E-state index contributed by atoms with van der Waals surface area (Å²) in [6.07, 6.45) is 4.55. The normalized spacial score (nSPS) is 12.8. The lowest BCUT2D eigenvalue weighted by Crippen LogP contribution is -2.19. The van der Waals surface area contributed by atoms with Gasteiger partial charge in [-0.3, -0.25) is 9.78 Å². The van der Waals surface area contributed by atoms with Gasteiger partial charge in [-0.05, 0) is 55.3 Å². The van der Waals surface area contributed by atoms with E-state index in [0.717, 1.165) is 47.4 Å². The van der Waals surface area contributed by atoms with Crippen molar-refractivity contribution in [3.05, 3.63) is 84.2 Å². The molecule has 0 aliphatic carbocycles. The number of fused-ring (bicyclic) bond motifs is 2. The number of para-hydroxylation sites is 1. The first-order valence-corrected chi connectivity index (χ1v) is 10.2. The summed E-state index contributed by atoms with van der Waals surface area (Å²) in [5, 5.41) is 3.93. The summed E-state index contributed by atoms with van der Waals surface area (Å²) in [4.78, 5) is 24.6. The number of likely N-dealkylation sites (N-methyl/N-ethyl adjacent to an activating group) is 1. The number of aromatic nitrogens is 2. The lowest BCUT2D eigenvalue weighted by Gasteiger charge is -2.17. The summed E-state index contributed by atoms with van der Waals surface area (Å²) in [5.74, 6) is -0.139. The third-order valence-electron chi connectivity index (χ3n) is 5.63. The van der Waals surface area contributed by atoms with E-state index >= 15 is 0 Å². The molecule has 1 amide bonds. The van der Waals surface area contributed by atoms with Crippen molar-refractivity contribution in [1.29, 1.82) is 0 Å². The molecule has 5 rings (SSSR count). The minimum atomic E-state index is -0.139. The molecule has 0 saturated carbocycles. The van der Waals surface area contributed by atoms with Gasteiger partial charge in [-0.25, -0.2) is 4.98 Å². The van der Waals surface area contributed by atoms with Gasteiger partial charge < -0.3 is 10.2 Å². The molecule has 0 unspecified atom stereocenters. The summed E-state index contributed by atoms with van der Waals surface area (Å²) in [7, 11) is 0. The Kier molecular flexibility index (Phi) is 4.64. The molecule has 1 aliphatic heterocycles. The van der Waals surface area contributed by atoms with Crippen LogP contribution in [0.15, 0.2) is 73.1 Å². The molecular formula is C25H22N4O. The molecule has 3 heterocycles. The zero-order valence-corrected chi connectivity index (χ0v) is 16.8. The number of amides is 1. The highest BCUT2D eigenvalue weighted by Crippen LogP contribution is 2.31. The Balaban J connectivity index is 1.54. The summed E-state index contributed by atoms with van der Waals surface area (Å²) >= 11 is 0. The van der Waals surface area contributed by atoms with Crippen LogP contribution >= 0.6 is 0 Å². The number of carbonyl (C=O) groups is 1. The van der Waals surface area contributed by atoms with E-state index in [0.29, 0.717) is 5.56 Å². The van der Waals surface area contributed by atoms with Gasteiger partial charge in [0.15, 0.2) is 0 Å². The van der Waals surface area contributed by atoms with Gasteiger partial charge in [0.1, 0.15) is 0 Å². The average molecular weight is 394 g/mol. The fraction of sp³-hybridized carbons (Fsp3) is 0.160. The van der Waals surface area contributed by atoms with E-state index in [2.05, 4.69) is 34.3 Å². The van der Waals surface area contributed by atoms with Gasteiger partial charge in [-0.15, -0.1) is 0 Å². The van der Waals surface area contributed by atoms with Crippen molar-refractivity contribution in [1.82, 2.24) is 9.97 Å². The molecule has 5 nitrogen and oxygen atoms in total. The first-order valence-electron chi connectivity index (χ1n) is 10.2. The van der Waals surface area contributed by atoms with Crippen LogP contribution in [0.25, 0.3) is 22.2 Å². The number of hydrogen-bond acceptors (Lipinski definition) is 4. The Labute approximate surface area is 175 Å². The zero-order chi connectivity index (χ0) is 20.5. The summed E-state index contributed by atoms with van der Waals surface area (Å²) in [6.45, 7) is 4.16. The maximum Gasteiger partial charge on any atom is 0.256 e. The quantitative estimate of drug-likeness (QED) is 0.533. The van der Waals surface area contributed by atoms with Gasteiger partial charge in [-0.1, -0.05) is 24.3 Å². The second-order valence-electron chi connectivity index (χ2n) is 7.44. The number of pyridine rings is 2. The molecule has 1 N–H and O–H groups in total. The van der Waals surface area contributed by atoms with Crippen molar-refractivity contribution in [3.63, 3.8) is 0 Å². The number of rotatable bonds is 4. The highest BCUT2D eigenvalue weighted by Gasteiger charge is 2.19. The summed E-state index contributed by atoms with van der Waals surface area (Å²) in [5.41, 5.74) is 6.37. The molecule has 0 fully saturated rings. The molecule has 148 valence electrons. The van der Waals surface area contributed by atoms with Crippen molar-refractivity contribution < 1.29 is 4.79 Å². The molecular weight excluding hydrogens is 372 g/mol. The zero-order valence-electron chi connectivity index (χ0n) is 16.8. The lowest BCUT2D eigenvalue weighted by molar-refractivity contribution is 0.102. The van der Waals surface area contributed by atoms with E-state index in [1.807, 2.05) is 48.5 Å². The van der Waals surface area contributed by atoms with Crippen LogP contribution in [0.5, 0.6) is 0 Å². The predicted octanol–water partition coefficient (Wildman–Crippen LogP) is 4.93. The van der Waals surface area contributed by atoms with Crippen molar-refractivity contribution in [2.75, 3.05) is 23.3 Å². The molecule has 2 aromatic carbocycles. The number of anilines is 2. The van der Waals surface area contributed by atoms with Crippen LogP contribution in [-0.2, 0) is 6.42 Å². The fourth-order valence-corrected chi connectivity index (χ4v) is 4.08. The third-order valence-corrected chi connectivity index (χ3v) is 5.63. The molecule has 0 spiro atoms. The molecule has 5 heteroatoms. The van der Waals surface area contributed by atoms with Gasteiger partial charge >= 0.3 is 0 Å². The highest BCUT2D eigenvalue weighted by molar-refractivity contribution is 6.13. The second kappa shape index (κ2) is 7.59. The maximum absolute atomic E-state index is 13.3. The summed E-state index contributed by atoms with van der Waals surface area (Å²) < 4.78 is 0. The van der Waals surface area contributed by atoms with Gasteiger partial charge in [0.05, 0.1) is 16.8 Å². The lowest BCUT2D eigenvalue weighted by atomic mass is 10.0. The number of hydrogen-bond donors (Lipinski definition) is 1. The maximum atomic E-state index is 13.3. The number of carbonyl (C=O) groups excluding carboxylic acids is 1. The molecule has 0 bridgehead atoms. The van der Waals surface area contributed by atoms with Crippen LogP contribution in [0.2, 0.25) is 0 Å². The minimum Gasteiger partial charge on any atom is -0.371 e.